The van der Waals surface area contributed by atoms with Crippen molar-refractivity contribution in [1.82, 2.24) is 10.7 Å². The number of benzene rings is 1. The Hall–Kier alpha value is -2.37. The lowest BCUT2D eigenvalue weighted by atomic mass is 10.2. The predicted molar refractivity (Wildman–Crippen MR) is 76.6 cm³/mol. The van der Waals surface area contributed by atoms with Crippen LogP contribution in [0.5, 0.6) is 5.75 Å². The van der Waals surface area contributed by atoms with Gasteiger partial charge in [0.2, 0.25) is 0 Å². The molecule has 1 rings (SSSR count). The van der Waals surface area contributed by atoms with Crippen molar-refractivity contribution < 1.29 is 14.3 Å². The predicted octanol–water partition coefficient (Wildman–Crippen LogP) is 1.06. The van der Waals surface area contributed by atoms with E-state index >= 15 is 0 Å². The molecule has 0 radical (unpaired) electrons. The van der Waals surface area contributed by atoms with Crippen LogP contribution in [0.25, 0.3) is 0 Å². The van der Waals surface area contributed by atoms with Crippen LogP contribution < -0.4 is 15.5 Å². The van der Waals surface area contributed by atoms with Crippen LogP contribution in [0.1, 0.15) is 25.3 Å². The quantitative estimate of drug-likeness (QED) is 0.353. The monoisotopic (exact) mass is 277 g/mol. The van der Waals surface area contributed by atoms with Crippen molar-refractivity contribution >= 4 is 18.0 Å². The number of amides is 2. The minimum atomic E-state index is -0.803. The number of likely N-dealkylation sites (N-methyl/N-ethyl adjacent to an activating group) is 1. The molecular formula is C14H19N3O3. The summed E-state index contributed by atoms with van der Waals surface area (Å²) in [5.74, 6) is -0.741. The molecule has 0 spiro atoms. The highest BCUT2D eigenvalue weighted by Gasteiger charge is 2.08. The lowest BCUT2D eigenvalue weighted by Gasteiger charge is -2.04. The molecule has 0 aliphatic rings. The molecule has 0 aromatic heterocycles. The molecule has 6 nitrogen and oxygen atoms in total. The second kappa shape index (κ2) is 8.68. The Labute approximate surface area is 118 Å². The lowest BCUT2D eigenvalue weighted by molar-refractivity contribution is -0.138. The van der Waals surface area contributed by atoms with E-state index in [2.05, 4.69) is 22.8 Å². The third kappa shape index (κ3) is 5.51. The summed E-state index contributed by atoms with van der Waals surface area (Å²) in [5, 5.41) is 5.89. The van der Waals surface area contributed by atoms with Crippen molar-refractivity contribution in [2.75, 3.05) is 13.7 Å². The molecule has 0 unspecified atom stereocenters. The number of unbranched alkanes of at least 4 members (excludes halogenated alkanes) is 1. The number of hydrogen-bond acceptors (Lipinski definition) is 4. The van der Waals surface area contributed by atoms with Crippen molar-refractivity contribution in [2.45, 2.75) is 19.8 Å². The molecule has 0 atom stereocenters. The zero-order valence-electron chi connectivity index (χ0n) is 11.7. The first kappa shape index (κ1) is 15.7. The van der Waals surface area contributed by atoms with Gasteiger partial charge < -0.3 is 10.1 Å². The van der Waals surface area contributed by atoms with Crippen LogP contribution in [0.4, 0.5) is 0 Å². The summed E-state index contributed by atoms with van der Waals surface area (Å²) in [6.45, 7) is 2.81. The summed E-state index contributed by atoms with van der Waals surface area (Å²) < 4.78 is 5.52. The summed E-state index contributed by atoms with van der Waals surface area (Å²) in [6, 6.07) is 7.29. The zero-order valence-corrected chi connectivity index (χ0v) is 11.7. The highest BCUT2D eigenvalue weighted by molar-refractivity contribution is 6.34. The van der Waals surface area contributed by atoms with Gasteiger partial charge in [0.15, 0.2) is 0 Å². The number of carbonyl (C=O) groups excluding carboxylic acids is 2. The van der Waals surface area contributed by atoms with E-state index < -0.39 is 11.8 Å². The van der Waals surface area contributed by atoms with Crippen LogP contribution >= 0.6 is 0 Å². The zero-order chi connectivity index (χ0) is 14.8. The molecule has 0 fully saturated rings. The number of nitrogens with zero attached hydrogens (tertiary/aromatic N) is 1. The Bertz CT molecular complexity index is 469. The maximum absolute atomic E-state index is 11.1. The standard InChI is InChI=1S/C14H19N3O3/c1-3-4-9-20-12-7-5-11(6-8-12)10-16-17-14(19)13(18)15-2/h5-8,10H,3-4,9H2,1-2H3,(H,15,18)(H,17,19)/b16-10+. The van der Waals surface area contributed by atoms with E-state index in [0.29, 0.717) is 6.61 Å². The van der Waals surface area contributed by atoms with Gasteiger partial charge in [-0.15, -0.1) is 0 Å². The molecule has 108 valence electrons. The Morgan fingerprint density at radius 1 is 1.25 bits per heavy atom. The SMILES string of the molecule is CCCCOc1ccc(/C=N/NC(=O)C(=O)NC)cc1. The van der Waals surface area contributed by atoms with Gasteiger partial charge in [-0.2, -0.15) is 5.10 Å². The second-order valence-electron chi connectivity index (χ2n) is 4.05. The highest BCUT2D eigenvalue weighted by Crippen LogP contribution is 2.11. The molecular weight excluding hydrogens is 258 g/mol. The van der Waals surface area contributed by atoms with Gasteiger partial charge in [-0.05, 0) is 36.2 Å². The first-order valence-corrected chi connectivity index (χ1v) is 6.45. The fourth-order valence-corrected chi connectivity index (χ4v) is 1.31. The maximum Gasteiger partial charge on any atom is 0.329 e. The first-order chi connectivity index (χ1) is 9.67. The Morgan fingerprint density at radius 3 is 2.55 bits per heavy atom. The normalized spacial score (nSPS) is 10.3. The molecule has 20 heavy (non-hydrogen) atoms. The largest absolute Gasteiger partial charge is 0.494 e. The number of rotatable bonds is 6. The van der Waals surface area contributed by atoms with E-state index in [0.717, 1.165) is 24.2 Å². The average Bonchev–Trinajstić information content (AvgIpc) is 2.48. The fourth-order valence-electron chi connectivity index (χ4n) is 1.31. The van der Waals surface area contributed by atoms with Gasteiger partial charge in [-0.3, -0.25) is 9.59 Å². The van der Waals surface area contributed by atoms with Crippen LogP contribution in [0.15, 0.2) is 29.4 Å². The lowest BCUT2D eigenvalue weighted by Crippen LogP contribution is -2.35. The summed E-state index contributed by atoms with van der Waals surface area (Å²) >= 11 is 0. The van der Waals surface area contributed by atoms with Crippen LogP contribution in [0.3, 0.4) is 0 Å². The highest BCUT2D eigenvalue weighted by atomic mass is 16.5. The molecule has 1 aromatic carbocycles. The summed E-state index contributed by atoms with van der Waals surface area (Å²) in [7, 11) is 1.38. The van der Waals surface area contributed by atoms with E-state index in [1.54, 1.807) is 0 Å². The number of carbonyl (C=O) groups is 2. The third-order valence-corrected chi connectivity index (χ3v) is 2.46. The number of ether oxygens (including phenoxy) is 1. The van der Waals surface area contributed by atoms with Crippen molar-refractivity contribution in [3.8, 4) is 5.75 Å². The Kier molecular flexibility index (Phi) is 6.81. The fraction of sp³-hybridized carbons (Fsp3) is 0.357. The molecule has 1 aromatic rings. The van der Waals surface area contributed by atoms with Crippen molar-refractivity contribution in [3.63, 3.8) is 0 Å². The van der Waals surface area contributed by atoms with Crippen molar-refractivity contribution in [1.29, 1.82) is 0 Å². The Morgan fingerprint density at radius 2 is 1.95 bits per heavy atom. The summed E-state index contributed by atoms with van der Waals surface area (Å²) in [4.78, 5) is 22.0. The van der Waals surface area contributed by atoms with Gasteiger partial charge in [0.1, 0.15) is 5.75 Å². The van der Waals surface area contributed by atoms with Gasteiger partial charge in [-0.25, -0.2) is 5.43 Å². The minimum Gasteiger partial charge on any atom is -0.494 e. The topological polar surface area (TPSA) is 79.8 Å². The first-order valence-electron chi connectivity index (χ1n) is 6.45. The van der Waals surface area contributed by atoms with E-state index in [4.69, 9.17) is 4.74 Å². The van der Waals surface area contributed by atoms with Crippen molar-refractivity contribution in [3.05, 3.63) is 29.8 Å². The number of hydrogen-bond donors (Lipinski definition) is 2. The van der Waals surface area contributed by atoms with E-state index in [9.17, 15) is 9.59 Å². The summed E-state index contributed by atoms with van der Waals surface area (Å²) in [6.07, 6.45) is 3.57. The molecule has 0 saturated heterocycles. The molecule has 2 amide bonds. The molecule has 0 saturated carbocycles. The van der Waals surface area contributed by atoms with Crippen LogP contribution in [0, 0.1) is 0 Å². The van der Waals surface area contributed by atoms with E-state index in [1.165, 1.54) is 13.3 Å². The second-order valence-corrected chi connectivity index (χ2v) is 4.05. The molecule has 0 aliphatic carbocycles. The third-order valence-electron chi connectivity index (χ3n) is 2.46. The molecule has 0 heterocycles. The maximum atomic E-state index is 11.1. The average molecular weight is 277 g/mol. The van der Waals surface area contributed by atoms with Crippen LogP contribution in [0.2, 0.25) is 0 Å². The van der Waals surface area contributed by atoms with Gasteiger partial charge >= 0.3 is 11.8 Å². The molecule has 6 heteroatoms. The van der Waals surface area contributed by atoms with Gasteiger partial charge in [0.05, 0.1) is 12.8 Å². The van der Waals surface area contributed by atoms with E-state index in [-0.39, 0.29) is 0 Å². The van der Waals surface area contributed by atoms with Crippen molar-refractivity contribution in [2.24, 2.45) is 5.10 Å². The number of hydrazone groups is 1. The molecule has 0 bridgehead atoms. The molecule has 2 N–H and O–H groups in total. The minimum absolute atomic E-state index is 0.701. The smallest absolute Gasteiger partial charge is 0.329 e. The van der Waals surface area contributed by atoms with Gasteiger partial charge in [-0.1, -0.05) is 13.3 Å². The van der Waals surface area contributed by atoms with Crippen LogP contribution in [-0.4, -0.2) is 31.7 Å². The Balaban J connectivity index is 2.44. The van der Waals surface area contributed by atoms with E-state index in [1.807, 2.05) is 24.3 Å². The molecule has 0 aliphatic heterocycles. The van der Waals surface area contributed by atoms with Crippen LogP contribution in [-0.2, 0) is 9.59 Å². The number of nitrogens with one attached hydrogen (secondary N) is 2. The van der Waals surface area contributed by atoms with Gasteiger partial charge in [0, 0.05) is 7.05 Å². The summed E-state index contributed by atoms with van der Waals surface area (Å²) in [5.41, 5.74) is 2.92. The van der Waals surface area contributed by atoms with Gasteiger partial charge in [0.25, 0.3) is 0 Å².